The molecule has 0 radical (unpaired) electrons. The Morgan fingerprint density at radius 3 is 2.50 bits per heavy atom. The predicted octanol–water partition coefficient (Wildman–Crippen LogP) is 3.32. The topological polar surface area (TPSA) is 47.6 Å². The van der Waals surface area contributed by atoms with Crippen LogP contribution in [0.3, 0.4) is 0 Å². The number of rotatable bonds is 4. The third-order valence-corrected chi connectivity index (χ3v) is 3.23. The van der Waals surface area contributed by atoms with Crippen LogP contribution < -0.4 is 10.6 Å². The standard InChI is InChI=1S/C14H13BrN2O/c15-14-4-2-1-3-12(14)10-18-13-7-5-11(6-8-13)9-17-16/h1-9H,10,16H2. The van der Waals surface area contributed by atoms with E-state index in [-0.39, 0.29) is 0 Å². The van der Waals surface area contributed by atoms with Gasteiger partial charge in [-0.2, -0.15) is 5.10 Å². The number of hydrogen-bond donors (Lipinski definition) is 1. The van der Waals surface area contributed by atoms with Gasteiger partial charge in [0.15, 0.2) is 0 Å². The maximum absolute atomic E-state index is 5.70. The van der Waals surface area contributed by atoms with Gasteiger partial charge in [0.2, 0.25) is 0 Å². The molecule has 0 aliphatic heterocycles. The third kappa shape index (κ3) is 3.34. The number of nitrogens with two attached hydrogens (primary N) is 1. The van der Waals surface area contributed by atoms with E-state index in [4.69, 9.17) is 10.6 Å². The number of hydrazone groups is 1. The SMILES string of the molecule is NN=Cc1ccc(OCc2ccccc2Br)cc1. The lowest BCUT2D eigenvalue weighted by Crippen LogP contribution is -1.96. The molecular formula is C14H13BrN2O. The summed E-state index contributed by atoms with van der Waals surface area (Å²) in [6.07, 6.45) is 1.59. The van der Waals surface area contributed by atoms with Crippen molar-refractivity contribution in [1.82, 2.24) is 0 Å². The van der Waals surface area contributed by atoms with Crippen LogP contribution >= 0.6 is 15.9 Å². The van der Waals surface area contributed by atoms with Gasteiger partial charge in [0.05, 0.1) is 6.21 Å². The highest BCUT2D eigenvalue weighted by Gasteiger charge is 1.99. The van der Waals surface area contributed by atoms with Crippen LogP contribution in [0.5, 0.6) is 5.75 Å². The molecule has 0 unspecified atom stereocenters. The van der Waals surface area contributed by atoms with Crippen LogP contribution in [0.25, 0.3) is 0 Å². The van der Waals surface area contributed by atoms with E-state index in [0.717, 1.165) is 21.3 Å². The van der Waals surface area contributed by atoms with Crippen LogP contribution in [0.4, 0.5) is 0 Å². The molecule has 0 aliphatic rings. The van der Waals surface area contributed by atoms with Crippen molar-refractivity contribution in [2.75, 3.05) is 0 Å². The molecule has 0 saturated carbocycles. The van der Waals surface area contributed by atoms with Gasteiger partial charge >= 0.3 is 0 Å². The van der Waals surface area contributed by atoms with Crippen LogP contribution in [0, 0.1) is 0 Å². The van der Waals surface area contributed by atoms with E-state index >= 15 is 0 Å². The van der Waals surface area contributed by atoms with Gasteiger partial charge in [-0.1, -0.05) is 34.1 Å². The van der Waals surface area contributed by atoms with Crippen LogP contribution in [0.15, 0.2) is 58.1 Å². The van der Waals surface area contributed by atoms with E-state index in [2.05, 4.69) is 21.0 Å². The largest absolute Gasteiger partial charge is 0.489 e. The molecule has 2 N–H and O–H groups in total. The first-order chi connectivity index (χ1) is 8.79. The number of benzene rings is 2. The van der Waals surface area contributed by atoms with E-state index < -0.39 is 0 Å². The number of nitrogens with zero attached hydrogens (tertiary/aromatic N) is 1. The Bertz CT molecular complexity index is 538. The minimum Gasteiger partial charge on any atom is -0.489 e. The molecule has 2 aromatic carbocycles. The minimum absolute atomic E-state index is 0.533. The van der Waals surface area contributed by atoms with Crippen molar-refractivity contribution in [2.45, 2.75) is 6.61 Å². The highest BCUT2D eigenvalue weighted by molar-refractivity contribution is 9.10. The maximum Gasteiger partial charge on any atom is 0.119 e. The lowest BCUT2D eigenvalue weighted by molar-refractivity contribution is 0.305. The summed E-state index contributed by atoms with van der Waals surface area (Å²) in [6.45, 7) is 0.533. The second-order valence-corrected chi connectivity index (χ2v) is 4.58. The van der Waals surface area contributed by atoms with Gasteiger partial charge in [-0.05, 0) is 35.9 Å². The zero-order valence-electron chi connectivity index (χ0n) is 9.71. The Kier molecular flexibility index (Phi) is 4.36. The molecule has 0 aliphatic carbocycles. The van der Waals surface area contributed by atoms with Crippen molar-refractivity contribution in [3.8, 4) is 5.75 Å². The van der Waals surface area contributed by atoms with Gasteiger partial charge in [0.25, 0.3) is 0 Å². The summed E-state index contributed by atoms with van der Waals surface area (Å²) < 4.78 is 6.75. The molecule has 3 nitrogen and oxygen atoms in total. The van der Waals surface area contributed by atoms with E-state index in [0.29, 0.717) is 6.61 Å². The fraction of sp³-hybridized carbons (Fsp3) is 0.0714. The molecule has 2 rings (SSSR count). The van der Waals surface area contributed by atoms with Crippen LogP contribution in [0.2, 0.25) is 0 Å². The van der Waals surface area contributed by atoms with Gasteiger partial charge in [-0.15, -0.1) is 0 Å². The van der Waals surface area contributed by atoms with Crippen molar-refractivity contribution >= 4 is 22.1 Å². The molecule has 0 amide bonds. The summed E-state index contributed by atoms with van der Waals surface area (Å²) in [7, 11) is 0. The van der Waals surface area contributed by atoms with Crippen LogP contribution in [-0.2, 0) is 6.61 Å². The van der Waals surface area contributed by atoms with Gasteiger partial charge < -0.3 is 10.6 Å². The van der Waals surface area contributed by atoms with Crippen molar-refractivity contribution in [3.63, 3.8) is 0 Å². The monoisotopic (exact) mass is 304 g/mol. The Balaban J connectivity index is 2.00. The molecule has 92 valence electrons. The second-order valence-electron chi connectivity index (χ2n) is 3.73. The molecule has 0 bridgehead atoms. The minimum atomic E-state index is 0.533. The number of hydrogen-bond acceptors (Lipinski definition) is 3. The summed E-state index contributed by atoms with van der Waals surface area (Å²) in [5, 5.41) is 3.47. The molecule has 0 heterocycles. The Morgan fingerprint density at radius 1 is 1.11 bits per heavy atom. The lowest BCUT2D eigenvalue weighted by Gasteiger charge is -2.07. The number of halogens is 1. The molecule has 0 atom stereocenters. The first-order valence-electron chi connectivity index (χ1n) is 5.49. The summed E-state index contributed by atoms with van der Waals surface area (Å²) in [5.74, 6) is 5.90. The molecular weight excluding hydrogens is 292 g/mol. The van der Waals surface area contributed by atoms with Crippen LogP contribution in [0.1, 0.15) is 11.1 Å². The average Bonchev–Trinajstić information content (AvgIpc) is 2.40. The maximum atomic E-state index is 5.70. The van der Waals surface area contributed by atoms with Crippen molar-refractivity contribution in [2.24, 2.45) is 10.9 Å². The highest BCUT2D eigenvalue weighted by Crippen LogP contribution is 2.19. The highest BCUT2D eigenvalue weighted by atomic mass is 79.9. The summed E-state index contributed by atoms with van der Waals surface area (Å²) in [4.78, 5) is 0. The quantitative estimate of drug-likeness (QED) is 0.535. The van der Waals surface area contributed by atoms with Gasteiger partial charge in [0, 0.05) is 10.0 Å². The van der Waals surface area contributed by atoms with E-state index in [9.17, 15) is 0 Å². The van der Waals surface area contributed by atoms with Crippen molar-refractivity contribution < 1.29 is 4.74 Å². The molecule has 0 fully saturated rings. The third-order valence-electron chi connectivity index (χ3n) is 2.46. The smallest absolute Gasteiger partial charge is 0.119 e. The van der Waals surface area contributed by atoms with Crippen LogP contribution in [-0.4, -0.2) is 6.21 Å². The van der Waals surface area contributed by atoms with E-state index in [1.165, 1.54) is 0 Å². The normalized spacial score (nSPS) is 10.7. The van der Waals surface area contributed by atoms with E-state index in [1.54, 1.807) is 6.21 Å². The van der Waals surface area contributed by atoms with Gasteiger partial charge in [-0.3, -0.25) is 0 Å². The summed E-state index contributed by atoms with van der Waals surface area (Å²) in [5.41, 5.74) is 2.07. The van der Waals surface area contributed by atoms with Crippen molar-refractivity contribution in [3.05, 3.63) is 64.1 Å². The van der Waals surface area contributed by atoms with Crippen molar-refractivity contribution in [1.29, 1.82) is 0 Å². The Morgan fingerprint density at radius 2 is 1.83 bits per heavy atom. The zero-order valence-corrected chi connectivity index (χ0v) is 11.3. The number of ether oxygens (including phenoxy) is 1. The zero-order chi connectivity index (χ0) is 12.8. The molecule has 0 aromatic heterocycles. The summed E-state index contributed by atoms with van der Waals surface area (Å²) >= 11 is 3.49. The fourth-order valence-corrected chi connectivity index (χ4v) is 1.91. The van der Waals surface area contributed by atoms with Gasteiger partial charge in [0.1, 0.15) is 12.4 Å². The first-order valence-corrected chi connectivity index (χ1v) is 6.28. The first kappa shape index (κ1) is 12.6. The predicted molar refractivity (Wildman–Crippen MR) is 76.7 cm³/mol. The molecule has 2 aromatic rings. The Labute approximate surface area is 114 Å². The molecule has 0 saturated heterocycles. The fourth-order valence-electron chi connectivity index (χ4n) is 1.51. The average molecular weight is 305 g/mol. The van der Waals surface area contributed by atoms with Gasteiger partial charge in [-0.25, -0.2) is 0 Å². The Hall–Kier alpha value is -1.81. The van der Waals surface area contributed by atoms with E-state index in [1.807, 2.05) is 48.5 Å². The molecule has 4 heteroatoms. The summed E-state index contributed by atoms with van der Waals surface area (Å²) in [6, 6.07) is 15.6. The molecule has 18 heavy (non-hydrogen) atoms. The lowest BCUT2D eigenvalue weighted by atomic mass is 10.2. The second kappa shape index (κ2) is 6.21. The molecule has 0 spiro atoms.